The van der Waals surface area contributed by atoms with Gasteiger partial charge in [0.15, 0.2) is 9.84 Å². The molecule has 0 aromatic heterocycles. The van der Waals surface area contributed by atoms with Gasteiger partial charge in [0.2, 0.25) is 5.91 Å². The molecule has 0 aliphatic carbocycles. The number of amides is 1. The normalized spacial score (nSPS) is 28.6. The van der Waals surface area contributed by atoms with Crippen molar-refractivity contribution in [3.63, 3.8) is 0 Å². The number of carbonyl (C=O) groups excluding carboxylic acids is 1. The first kappa shape index (κ1) is 17.7. The molecule has 2 rings (SSSR count). The maximum atomic E-state index is 12.7. The van der Waals surface area contributed by atoms with Crippen LogP contribution < -0.4 is 0 Å². The number of hydrogen-bond acceptors (Lipinski definition) is 5. The van der Waals surface area contributed by atoms with Gasteiger partial charge in [-0.1, -0.05) is 6.92 Å². The number of carbonyl (C=O) groups is 1. The fraction of sp³-hybridized carbons (Fsp3) is 0.933. The minimum absolute atomic E-state index is 0.0354. The Morgan fingerprint density at radius 2 is 2.14 bits per heavy atom. The Hall–Kier alpha value is -0.660. The maximum absolute atomic E-state index is 12.7. The number of nitrogens with zero attached hydrogens (tertiary/aromatic N) is 2. The predicted octanol–water partition coefficient (Wildman–Crippen LogP) is 0.380. The minimum Gasteiger partial charge on any atom is -0.383 e. The van der Waals surface area contributed by atoms with Crippen molar-refractivity contribution in [1.29, 1.82) is 0 Å². The van der Waals surface area contributed by atoms with Crippen LogP contribution in [-0.2, 0) is 19.4 Å². The molecule has 0 N–H and O–H groups in total. The Morgan fingerprint density at radius 3 is 2.73 bits per heavy atom. The summed E-state index contributed by atoms with van der Waals surface area (Å²) in [5, 5.41) is 0. The van der Waals surface area contributed by atoms with Gasteiger partial charge in [-0.3, -0.25) is 9.69 Å². The van der Waals surface area contributed by atoms with E-state index >= 15 is 0 Å². The third-order valence-electron chi connectivity index (χ3n) is 4.61. The van der Waals surface area contributed by atoms with Crippen molar-refractivity contribution in [2.75, 3.05) is 51.4 Å². The van der Waals surface area contributed by atoms with Gasteiger partial charge in [-0.25, -0.2) is 8.42 Å². The van der Waals surface area contributed by atoms with E-state index in [4.69, 9.17) is 4.74 Å². The molecule has 2 heterocycles. The highest BCUT2D eigenvalue weighted by Gasteiger charge is 2.35. The zero-order valence-corrected chi connectivity index (χ0v) is 14.5. The van der Waals surface area contributed by atoms with Gasteiger partial charge in [0.1, 0.15) is 0 Å². The molecule has 6 nitrogen and oxygen atoms in total. The van der Waals surface area contributed by atoms with Crippen molar-refractivity contribution in [3.05, 3.63) is 0 Å². The summed E-state index contributed by atoms with van der Waals surface area (Å²) in [4.78, 5) is 16.6. The summed E-state index contributed by atoms with van der Waals surface area (Å²) < 4.78 is 28.5. The monoisotopic (exact) mass is 332 g/mol. The summed E-state index contributed by atoms with van der Waals surface area (Å²) in [5.74, 6) is 0.947. The first-order chi connectivity index (χ1) is 10.4. The van der Waals surface area contributed by atoms with Crippen molar-refractivity contribution in [3.8, 4) is 0 Å². The van der Waals surface area contributed by atoms with E-state index in [1.165, 1.54) is 6.42 Å². The van der Waals surface area contributed by atoms with Crippen molar-refractivity contribution in [1.82, 2.24) is 9.80 Å². The van der Waals surface area contributed by atoms with Crippen LogP contribution in [0.5, 0.6) is 0 Å². The quantitative estimate of drug-likeness (QED) is 0.703. The zero-order chi connectivity index (χ0) is 16.2. The van der Waals surface area contributed by atoms with Crippen LogP contribution in [0.4, 0.5) is 0 Å². The number of hydrogen-bond donors (Lipinski definition) is 0. The first-order valence-electron chi connectivity index (χ1n) is 8.12. The van der Waals surface area contributed by atoms with E-state index in [0.29, 0.717) is 32.0 Å². The Morgan fingerprint density at radius 1 is 1.36 bits per heavy atom. The summed E-state index contributed by atoms with van der Waals surface area (Å²) in [7, 11) is -1.39. The van der Waals surface area contributed by atoms with Crippen LogP contribution in [0.1, 0.15) is 26.2 Å². The summed E-state index contributed by atoms with van der Waals surface area (Å²) in [6.07, 6.45) is 2.90. The van der Waals surface area contributed by atoms with E-state index in [2.05, 4.69) is 11.8 Å². The number of sulfone groups is 1. The van der Waals surface area contributed by atoms with Crippen LogP contribution in [0, 0.1) is 5.92 Å². The van der Waals surface area contributed by atoms with E-state index in [1.807, 2.05) is 0 Å². The fourth-order valence-electron chi connectivity index (χ4n) is 3.43. The average Bonchev–Trinajstić information content (AvgIpc) is 2.79. The molecule has 2 unspecified atom stereocenters. The van der Waals surface area contributed by atoms with E-state index in [9.17, 15) is 13.2 Å². The maximum Gasteiger partial charge on any atom is 0.237 e. The van der Waals surface area contributed by atoms with Gasteiger partial charge < -0.3 is 9.64 Å². The third-order valence-corrected chi connectivity index (χ3v) is 6.36. The van der Waals surface area contributed by atoms with Gasteiger partial charge in [0.25, 0.3) is 0 Å². The first-order valence-corrected chi connectivity index (χ1v) is 9.94. The molecular weight excluding hydrogens is 304 g/mol. The summed E-state index contributed by atoms with van der Waals surface area (Å²) in [6, 6.07) is -0.185. The number of likely N-dealkylation sites (tertiary alicyclic amines) is 1. The average molecular weight is 332 g/mol. The fourth-order valence-corrected chi connectivity index (χ4v) is 5.16. The Kier molecular flexibility index (Phi) is 6.23. The molecule has 1 amide bonds. The number of ether oxygens (including phenoxy) is 1. The van der Waals surface area contributed by atoms with Crippen molar-refractivity contribution >= 4 is 15.7 Å². The SMILES string of the molecule is COCCN(C(=O)CN1CCCC(C)C1)C1CCS(=O)(=O)C1. The smallest absolute Gasteiger partial charge is 0.237 e. The molecule has 2 aliphatic rings. The lowest BCUT2D eigenvalue weighted by Crippen LogP contribution is -2.49. The van der Waals surface area contributed by atoms with Gasteiger partial charge in [0, 0.05) is 26.2 Å². The number of methoxy groups -OCH3 is 1. The van der Waals surface area contributed by atoms with Crippen LogP contribution in [-0.4, -0.2) is 81.6 Å². The summed E-state index contributed by atoms with van der Waals surface area (Å²) in [5.41, 5.74) is 0. The largest absolute Gasteiger partial charge is 0.383 e. The van der Waals surface area contributed by atoms with Crippen LogP contribution in [0.2, 0.25) is 0 Å². The lowest BCUT2D eigenvalue weighted by atomic mass is 10.0. The third kappa shape index (κ3) is 4.93. The second-order valence-corrected chi connectivity index (χ2v) is 8.85. The second-order valence-electron chi connectivity index (χ2n) is 6.62. The van der Waals surface area contributed by atoms with E-state index < -0.39 is 9.84 Å². The molecule has 2 aliphatic heterocycles. The molecule has 2 fully saturated rings. The molecule has 0 spiro atoms. The van der Waals surface area contributed by atoms with E-state index in [-0.39, 0.29) is 23.5 Å². The Labute approximate surface area is 133 Å². The zero-order valence-electron chi connectivity index (χ0n) is 13.7. The highest BCUT2D eigenvalue weighted by Crippen LogP contribution is 2.19. The molecule has 0 aromatic rings. The van der Waals surface area contributed by atoms with E-state index in [0.717, 1.165) is 19.5 Å². The van der Waals surface area contributed by atoms with Crippen molar-refractivity contribution in [2.45, 2.75) is 32.2 Å². The molecule has 0 bridgehead atoms. The number of piperidine rings is 1. The van der Waals surface area contributed by atoms with Gasteiger partial charge in [-0.2, -0.15) is 0 Å². The van der Waals surface area contributed by atoms with Gasteiger partial charge in [-0.05, 0) is 31.7 Å². The van der Waals surface area contributed by atoms with Crippen LogP contribution in [0.3, 0.4) is 0 Å². The molecule has 22 heavy (non-hydrogen) atoms. The standard InChI is InChI=1S/C15H28N2O4S/c1-13-4-3-6-16(10-13)11-15(18)17(7-8-21-2)14-5-9-22(19,20)12-14/h13-14H,3-12H2,1-2H3. The lowest BCUT2D eigenvalue weighted by molar-refractivity contribution is -0.135. The van der Waals surface area contributed by atoms with Crippen LogP contribution in [0.15, 0.2) is 0 Å². The lowest BCUT2D eigenvalue weighted by Gasteiger charge is -2.34. The molecular formula is C15H28N2O4S. The predicted molar refractivity (Wildman–Crippen MR) is 85.5 cm³/mol. The van der Waals surface area contributed by atoms with Crippen LogP contribution >= 0.6 is 0 Å². The molecule has 128 valence electrons. The topological polar surface area (TPSA) is 66.9 Å². The van der Waals surface area contributed by atoms with Gasteiger partial charge in [-0.15, -0.1) is 0 Å². The van der Waals surface area contributed by atoms with Gasteiger partial charge in [0.05, 0.1) is 24.7 Å². The molecule has 0 radical (unpaired) electrons. The number of rotatable bonds is 6. The Bertz CT molecular complexity index is 480. The second kappa shape index (κ2) is 7.75. The highest BCUT2D eigenvalue weighted by molar-refractivity contribution is 7.91. The van der Waals surface area contributed by atoms with Crippen LogP contribution in [0.25, 0.3) is 0 Å². The van der Waals surface area contributed by atoms with E-state index in [1.54, 1.807) is 12.0 Å². The highest BCUT2D eigenvalue weighted by atomic mass is 32.2. The molecule has 0 saturated carbocycles. The molecule has 2 atom stereocenters. The summed E-state index contributed by atoms with van der Waals surface area (Å²) >= 11 is 0. The molecule has 2 saturated heterocycles. The summed E-state index contributed by atoms with van der Waals surface area (Å²) in [6.45, 7) is 5.43. The van der Waals surface area contributed by atoms with Crippen molar-refractivity contribution < 1.29 is 17.9 Å². The molecule has 7 heteroatoms. The van der Waals surface area contributed by atoms with Gasteiger partial charge >= 0.3 is 0 Å². The molecule has 0 aromatic carbocycles. The van der Waals surface area contributed by atoms with Crippen molar-refractivity contribution in [2.24, 2.45) is 5.92 Å². The minimum atomic E-state index is -2.99. The Balaban J connectivity index is 1.96.